The van der Waals surface area contributed by atoms with E-state index in [1.807, 2.05) is 18.2 Å². The van der Waals surface area contributed by atoms with Crippen LogP contribution in [0.25, 0.3) is 10.2 Å². The second-order valence-corrected chi connectivity index (χ2v) is 11.9. The maximum absolute atomic E-state index is 11.1. The third-order valence-corrected chi connectivity index (χ3v) is 9.12. The Bertz CT molecular complexity index is 1240. The minimum absolute atomic E-state index is 0.0695. The number of nitrogens with zero attached hydrogens (tertiary/aromatic N) is 3. The molecule has 2 aliphatic heterocycles. The van der Waals surface area contributed by atoms with Crippen molar-refractivity contribution in [1.82, 2.24) is 9.88 Å². The minimum atomic E-state index is -0.881. The zero-order chi connectivity index (χ0) is 25.3. The monoisotopic (exact) mass is 547 g/mol. The molecule has 6 nitrogen and oxygen atoms in total. The van der Waals surface area contributed by atoms with Crippen molar-refractivity contribution < 1.29 is 14.6 Å². The fraction of sp³-hybridized carbons (Fsp3) is 0.481. The van der Waals surface area contributed by atoms with Gasteiger partial charge in [0.15, 0.2) is 5.13 Å². The van der Waals surface area contributed by atoms with E-state index in [-0.39, 0.29) is 12.0 Å². The first-order valence-electron chi connectivity index (χ1n) is 12.5. The van der Waals surface area contributed by atoms with Gasteiger partial charge in [0.25, 0.3) is 0 Å². The molecule has 0 saturated carbocycles. The molecule has 36 heavy (non-hydrogen) atoms. The summed E-state index contributed by atoms with van der Waals surface area (Å²) in [5, 5.41) is 11.4. The number of hydrogen-bond acceptors (Lipinski definition) is 6. The predicted molar refractivity (Wildman–Crippen MR) is 147 cm³/mol. The van der Waals surface area contributed by atoms with Gasteiger partial charge in [-0.3, -0.25) is 9.69 Å². The van der Waals surface area contributed by atoms with Gasteiger partial charge < -0.3 is 14.7 Å². The number of benzene rings is 2. The summed E-state index contributed by atoms with van der Waals surface area (Å²) in [6.07, 6.45) is 5.42. The molecule has 2 saturated heterocycles. The van der Waals surface area contributed by atoms with Crippen LogP contribution in [0, 0.1) is 0 Å². The molecular formula is C27H31Cl2N3O3S. The van der Waals surface area contributed by atoms with E-state index in [1.165, 1.54) is 12.8 Å². The molecule has 1 aromatic heterocycles. The van der Waals surface area contributed by atoms with E-state index in [1.54, 1.807) is 29.5 Å². The van der Waals surface area contributed by atoms with Crippen LogP contribution in [0.1, 0.15) is 44.6 Å². The predicted octanol–water partition coefficient (Wildman–Crippen LogP) is 6.52. The molecule has 1 atom stereocenters. The van der Waals surface area contributed by atoms with E-state index in [0.717, 1.165) is 59.3 Å². The Morgan fingerprint density at radius 2 is 1.97 bits per heavy atom. The summed E-state index contributed by atoms with van der Waals surface area (Å²) in [6.45, 7) is 5.94. The van der Waals surface area contributed by atoms with Crippen LogP contribution >= 0.6 is 34.5 Å². The van der Waals surface area contributed by atoms with E-state index >= 15 is 0 Å². The number of likely N-dealkylation sites (tertiary alicyclic amines) is 1. The number of ether oxygens (including phenoxy) is 1. The fourth-order valence-electron chi connectivity index (χ4n) is 5.79. The van der Waals surface area contributed by atoms with E-state index in [0.29, 0.717) is 29.0 Å². The zero-order valence-electron chi connectivity index (χ0n) is 20.4. The van der Waals surface area contributed by atoms with Crippen LogP contribution in [0.5, 0.6) is 5.75 Å². The van der Waals surface area contributed by atoms with E-state index in [9.17, 15) is 4.79 Å². The van der Waals surface area contributed by atoms with Crippen molar-refractivity contribution >= 4 is 55.9 Å². The number of thiazole rings is 1. The Balaban J connectivity index is 1.28. The molecule has 2 aromatic carbocycles. The van der Waals surface area contributed by atoms with Crippen LogP contribution in [0.4, 0.5) is 5.13 Å². The molecule has 192 valence electrons. The molecule has 1 N–H and O–H groups in total. The Morgan fingerprint density at radius 3 is 2.69 bits per heavy atom. The highest BCUT2D eigenvalue weighted by Gasteiger charge is 2.43. The van der Waals surface area contributed by atoms with Gasteiger partial charge in [0, 0.05) is 34.7 Å². The number of hydrogen-bond donors (Lipinski definition) is 1. The Hall–Kier alpha value is -2.06. The molecule has 0 aliphatic carbocycles. The summed E-state index contributed by atoms with van der Waals surface area (Å²) in [5.74, 6) is -0.248. The number of halogens is 2. The van der Waals surface area contributed by atoms with Gasteiger partial charge in [-0.25, -0.2) is 4.98 Å². The topological polar surface area (TPSA) is 65.9 Å². The Morgan fingerprint density at radius 1 is 1.17 bits per heavy atom. The van der Waals surface area contributed by atoms with Crippen molar-refractivity contribution in [2.75, 3.05) is 31.1 Å². The van der Waals surface area contributed by atoms with Gasteiger partial charge in [-0.15, -0.1) is 0 Å². The van der Waals surface area contributed by atoms with Gasteiger partial charge >= 0.3 is 5.97 Å². The van der Waals surface area contributed by atoms with Gasteiger partial charge in [-0.1, -0.05) is 34.5 Å². The summed E-state index contributed by atoms with van der Waals surface area (Å²) in [5.41, 5.74) is 1.73. The first kappa shape index (κ1) is 25.6. The van der Waals surface area contributed by atoms with Crippen LogP contribution in [0.3, 0.4) is 0 Å². The first-order valence-corrected chi connectivity index (χ1v) is 14.1. The Kier molecular flexibility index (Phi) is 7.63. The summed E-state index contributed by atoms with van der Waals surface area (Å²) < 4.78 is 7.28. The maximum atomic E-state index is 11.1. The number of fused-ring (bicyclic) bond motifs is 1. The van der Waals surface area contributed by atoms with Gasteiger partial charge in [-0.05, 0) is 87.5 Å². The number of carboxylic acid groups (broad SMARTS) is 1. The van der Waals surface area contributed by atoms with Crippen molar-refractivity contribution in [3.8, 4) is 5.75 Å². The molecule has 3 aromatic rings. The van der Waals surface area contributed by atoms with Crippen molar-refractivity contribution in [1.29, 1.82) is 0 Å². The summed E-state index contributed by atoms with van der Waals surface area (Å²) in [4.78, 5) is 21.1. The molecule has 2 aliphatic rings. The normalized spacial score (nSPS) is 20.2. The van der Waals surface area contributed by atoms with Gasteiger partial charge in [0.1, 0.15) is 5.75 Å². The van der Waals surface area contributed by atoms with Crippen LogP contribution in [-0.4, -0.2) is 58.8 Å². The fourth-order valence-corrected chi connectivity index (χ4v) is 7.34. The van der Waals surface area contributed by atoms with Crippen molar-refractivity contribution in [3.63, 3.8) is 0 Å². The van der Waals surface area contributed by atoms with Gasteiger partial charge in [-0.2, -0.15) is 0 Å². The number of carboxylic acids is 1. The van der Waals surface area contributed by atoms with Crippen LogP contribution in [0.2, 0.25) is 10.0 Å². The average Bonchev–Trinajstić information content (AvgIpc) is 3.44. The second-order valence-electron chi connectivity index (χ2n) is 9.97. The number of aliphatic carboxylic acids is 1. The van der Waals surface area contributed by atoms with Crippen LogP contribution in [-0.2, 0) is 11.2 Å². The average molecular weight is 549 g/mol. The lowest BCUT2D eigenvalue weighted by Gasteiger charge is -2.49. The van der Waals surface area contributed by atoms with Crippen LogP contribution in [0.15, 0.2) is 36.4 Å². The number of rotatable bonds is 8. The van der Waals surface area contributed by atoms with Crippen molar-refractivity contribution in [2.45, 2.75) is 57.0 Å². The lowest BCUT2D eigenvalue weighted by atomic mass is 9.82. The highest BCUT2D eigenvalue weighted by molar-refractivity contribution is 7.22. The lowest BCUT2D eigenvalue weighted by molar-refractivity contribution is -0.136. The molecule has 0 spiro atoms. The SMILES string of the molecule is CC1CCCN1C1(CCOc2cc(Cl)cc(CC(=O)O)c2)CCN(c2nc3ccc(Cl)cc3s2)CC1. The minimum Gasteiger partial charge on any atom is -0.493 e. The second kappa shape index (κ2) is 10.7. The maximum Gasteiger partial charge on any atom is 0.307 e. The summed E-state index contributed by atoms with van der Waals surface area (Å²) in [6, 6.07) is 11.7. The standard InChI is InChI=1S/C27H31Cl2N3O3S/c1-18-3-2-9-32(18)27(8-12-35-22-14-19(15-25(33)34)13-21(29)16-22)6-10-31(11-7-27)26-30-23-5-4-20(28)17-24(23)36-26/h4-5,13-14,16-18H,2-3,6-12,15H2,1H3,(H,33,34). The van der Waals surface area contributed by atoms with E-state index in [4.69, 9.17) is 38.0 Å². The third kappa shape index (κ3) is 5.59. The zero-order valence-corrected chi connectivity index (χ0v) is 22.7. The van der Waals surface area contributed by atoms with E-state index in [2.05, 4.69) is 16.7 Å². The van der Waals surface area contributed by atoms with Crippen molar-refractivity contribution in [2.24, 2.45) is 0 Å². The molecular weight excluding hydrogens is 517 g/mol. The summed E-state index contributed by atoms with van der Waals surface area (Å²) in [7, 11) is 0. The van der Waals surface area contributed by atoms with Gasteiger partial charge in [0.2, 0.25) is 0 Å². The molecule has 9 heteroatoms. The number of aromatic nitrogens is 1. The smallest absolute Gasteiger partial charge is 0.307 e. The molecule has 0 amide bonds. The van der Waals surface area contributed by atoms with Crippen LogP contribution < -0.4 is 9.64 Å². The highest BCUT2D eigenvalue weighted by atomic mass is 35.5. The lowest BCUT2D eigenvalue weighted by Crippen LogP contribution is -2.57. The molecule has 2 fully saturated rings. The van der Waals surface area contributed by atoms with Crippen molar-refractivity contribution in [3.05, 3.63) is 52.0 Å². The van der Waals surface area contributed by atoms with E-state index < -0.39 is 5.97 Å². The largest absolute Gasteiger partial charge is 0.493 e. The molecule has 3 heterocycles. The number of carbonyl (C=O) groups is 1. The highest BCUT2D eigenvalue weighted by Crippen LogP contribution is 2.40. The quantitative estimate of drug-likeness (QED) is 0.346. The first-order chi connectivity index (χ1) is 17.3. The van der Waals surface area contributed by atoms with Gasteiger partial charge in [0.05, 0.1) is 23.2 Å². The Labute approximate surface area is 225 Å². The molecule has 0 bridgehead atoms. The molecule has 0 radical (unpaired) electrons. The number of anilines is 1. The summed E-state index contributed by atoms with van der Waals surface area (Å²) >= 11 is 14.1. The molecule has 1 unspecified atom stereocenters. The number of piperidine rings is 1. The molecule has 5 rings (SSSR count). The third-order valence-electron chi connectivity index (χ3n) is 7.59.